The number of aryl methyl sites for hydroxylation is 1. The first kappa shape index (κ1) is 14.4. The highest BCUT2D eigenvalue weighted by atomic mass is 19.1. The SMILES string of the molecule is Cn1nc(C(=O)O)nc1-c1nc(N2CCCCC2)ncc1F. The van der Waals surface area contributed by atoms with E-state index in [1.54, 1.807) is 0 Å². The molecule has 1 N–H and O–H groups in total. The number of hydrogen-bond donors (Lipinski definition) is 1. The normalized spacial score (nSPS) is 15.1. The molecule has 1 fully saturated rings. The molecule has 0 spiro atoms. The monoisotopic (exact) mass is 306 g/mol. The maximum Gasteiger partial charge on any atom is 0.375 e. The van der Waals surface area contributed by atoms with Gasteiger partial charge in [-0.15, -0.1) is 5.10 Å². The number of nitrogens with zero attached hydrogens (tertiary/aromatic N) is 6. The number of carboxylic acids is 1. The molecule has 2 aromatic rings. The molecule has 3 rings (SSSR count). The Morgan fingerprint density at radius 2 is 2.00 bits per heavy atom. The van der Waals surface area contributed by atoms with Gasteiger partial charge in [-0.25, -0.2) is 23.8 Å². The lowest BCUT2D eigenvalue weighted by Gasteiger charge is -2.26. The quantitative estimate of drug-likeness (QED) is 0.906. The van der Waals surface area contributed by atoms with Gasteiger partial charge in [0.25, 0.3) is 5.82 Å². The van der Waals surface area contributed by atoms with Crippen molar-refractivity contribution in [3.8, 4) is 11.5 Å². The summed E-state index contributed by atoms with van der Waals surface area (Å²) in [4.78, 5) is 25.0. The number of halogens is 1. The van der Waals surface area contributed by atoms with Crippen LogP contribution in [0.15, 0.2) is 6.20 Å². The highest BCUT2D eigenvalue weighted by molar-refractivity contribution is 5.83. The standard InChI is InChI=1S/C13H15FN6O2/c1-19-11(17-10(18-19)12(21)22)9-8(14)7-15-13(16-9)20-5-3-2-4-6-20/h7H,2-6H2,1H3,(H,21,22). The number of rotatable bonds is 3. The molecule has 1 aliphatic heterocycles. The van der Waals surface area contributed by atoms with E-state index in [2.05, 4.69) is 20.1 Å². The van der Waals surface area contributed by atoms with E-state index in [1.807, 2.05) is 4.90 Å². The van der Waals surface area contributed by atoms with Crippen molar-refractivity contribution in [1.29, 1.82) is 0 Å². The third kappa shape index (κ3) is 2.61. The number of aromatic carboxylic acids is 1. The molecule has 8 nitrogen and oxygen atoms in total. The number of aromatic nitrogens is 5. The predicted octanol–water partition coefficient (Wildman–Crippen LogP) is 1.10. The summed E-state index contributed by atoms with van der Waals surface area (Å²) in [5.41, 5.74) is -0.0435. The zero-order valence-corrected chi connectivity index (χ0v) is 12.0. The van der Waals surface area contributed by atoms with Gasteiger partial charge in [0.1, 0.15) is 5.69 Å². The molecular formula is C13H15FN6O2. The van der Waals surface area contributed by atoms with E-state index in [4.69, 9.17) is 5.11 Å². The number of carboxylic acid groups (broad SMARTS) is 1. The average Bonchev–Trinajstić information content (AvgIpc) is 2.91. The molecule has 1 saturated heterocycles. The lowest BCUT2D eigenvalue weighted by molar-refractivity contribution is 0.0683. The van der Waals surface area contributed by atoms with Crippen molar-refractivity contribution in [2.75, 3.05) is 18.0 Å². The highest BCUT2D eigenvalue weighted by Gasteiger charge is 2.21. The van der Waals surface area contributed by atoms with Crippen molar-refractivity contribution in [1.82, 2.24) is 24.7 Å². The molecule has 0 radical (unpaired) electrons. The molecule has 0 amide bonds. The maximum atomic E-state index is 14.0. The van der Waals surface area contributed by atoms with Gasteiger partial charge in [0.15, 0.2) is 11.6 Å². The Morgan fingerprint density at radius 3 is 2.64 bits per heavy atom. The second-order valence-electron chi connectivity index (χ2n) is 5.10. The highest BCUT2D eigenvalue weighted by Crippen LogP contribution is 2.22. The van der Waals surface area contributed by atoms with E-state index >= 15 is 0 Å². The van der Waals surface area contributed by atoms with Gasteiger partial charge >= 0.3 is 5.97 Å². The summed E-state index contributed by atoms with van der Waals surface area (Å²) in [6, 6.07) is 0. The molecule has 0 unspecified atom stereocenters. The van der Waals surface area contributed by atoms with Crippen molar-refractivity contribution >= 4 is 11.9 Å². The molecule has 22 heavy (non-hydrogen) atoms. The van der Waals surface area contributed by atoms with Crippen molar-refractivity contribution in [3.05, 3.63) is 17.8 Å². The van der Waals surface area contributed by atoms with Crippen molar-refractivity contribution < 1.29 is 14.3 Å². The maximum absolute atomic E-state index is 14.0. The first-order chi connectivity index (χ1) is 10.6. The molecule has 0 aromatic carbocycles. The van der Waals surface area contributed by atoms with Crippen LogP contribution >= 0.6 is 0 Å². The van der Waals surface area contributed by atoms with E-state index < -0.39 is 17.6 Å². The van der Waals surface area contributed by atoms with E-state index in [9.17, 15) is 9.18 Å². The molecular weight excluding hydrogens is 291 g/mol. The summed E-state index contributed by atoms with van der Waals surface area (Å²) in [5, 5.41) is 12.7. The van der Waals surface area contributed by atoms with Gasteiger partial charge in [0.2, 0.25) is 5.95 Å². The van der Waals surface area contributed by atoms with Crippen LogP contribution in [0.1, 0.15) is 29.9 Å². The minimum absolute atomic E-state index is 0.0435. The Bertz CT molecular complexity index is 711. The number of carbonyl (C=O) groups is 1. The fourth-order valence-electron chi connectivity index (χ4n) is 2.44. The van der Waals surface area contributed by atoms with Crippen LogP contribution < -0.4 is 4.90 Å². The Kier molecular flexibility index (Phi) is 3.70. The molecule has 116 valence electrons. The van der Waals surface area contributed by atoms with Crippen LogP contribution in [-0.4, -0.2) is 48.9 Å². The summed E-state index contributed by atoms with van der Waals surface area (Å²) in [5.74, 6) is -1.83. The summed E-state index contributed by atoms with van der Waals surface area (Å²) < 4.78 is 15.2. The summed E-state index contributed by atoms with van der Waals surface area (Å²) in [7, 11) is 1.50. The van der Waals surface area contributed by atoms with E-state index in [1.165, 1.54) is 11.7 Å². The lowest BCUT2D eigenvalue weighted by Crippen LogP contribution is -2.31. The number of piperidine rings is 1. The Hall–Kier alpha value is -2.58. The Labute approximate surface area is 125 Å². The van der Waals surface area contributed by atoms with Crippen LogP contribution in [0, 0.1) is 5.82 Å². The van der Waals surface area contributed by atoms with Crippen LogP contribution in [0.2, 0.25) is 0 Å². The number of hydrogen-bond acceptors (Lipinski definition) is 6. The molecule has 3 heterocycles. The third-order valence-electron chi connectivity index (χ3n) is 3.54. The van der Waals surface area contributed by atoms with Crippen molar-refractivity contribution in [2.45, 2.75) is 19.3 Å². The van der Waals surface area contributed by atoms with Gasteiger partial charge < -0.3 is 10.0 Å². The summed E-state index contributed by atoms with van der Waals surface area (Å²) >= 11 is 0. The van der Waals surface area contributed by atoms with Gasteiger partial charge in [0, 0.05) is 20.1 Å². The van der Waals surface area contributed by atoms with E-state index in [0.29, 0.717) is 5.95 Å². The third-order valence-corrected chi connectivity index (χ3v) is 3.54. The summed E-state index contributed by atoms with van der Waals surface area (Å²) in [6.45, 7) is 1.65. The lowest BCUT2D eigenvalue weighted by atomic mass is 10.1. The molecule has 0 bridgehead atoms. The largest absolute Gasteiger partial charge is 0.475 e. The fraction of sp³-hybridized carbons (Fsp3) is 0.462. The van der Waals surface area contributed by atoms with Gasteiger partial charge in [0.05, 0.1) is 6.20 Å². The van der Waals surface area contributed by atoms with Gasteiger partial charge in [-0.3, -0.25) is 0 Å². The van der Waals surface area contributed by atoms with E-state index in [0.717, 1.165) is 38.5 Å². The smallest absolute Gasteiger partial charge is 0.375 e. The second kappa shape index (κ2) is 5.66. The first-order valence-corrected chi connectivity index (χ1v) is 6.98. The second-order valence-corrected chi connectivity index (χ2v) is 5.10. The molecule has 0 aliphatic carbocycles. The minimum Gasteiger partial charge on any atom is -0.475 e. The van der Waals surface area contributed by atoms with Crippen LogP contribution in [0.3, 0.4) is 0 Å². The predicted molar refractivity (Wildman–Crippen MR) is 75.0 cm³/mol. The van der Waals surface area contributed by atoms with Crippen molar-refractivity contribution in [2.24, 2.45) is 7.05 Å². The van der Waals surface area contributed by atoms with Crippen LogP contribution in [0.25, 0.3) is 11.5 Å². The Morgan fingerprint density at radius 1 is 1.27 bits per heavy atom. The van der Waals surface area contributed by atoms with Gasteiger partial charge in [-0.05, 0) is 19.3 Å². The molecule has 0 atom stereocenters. The summed E-state index contributed by atoms with van der Waals surface area (Å²) in [6.07, 6.45) is 4.34. The molecule has 1 aliphatic rings. The first-order valence-electron chi connectivity index (χ1n) is 6.98. The molecule has 2 aromatic heterocycles. The Balaban J connectivity index is 2.01. The minimum atomic E-state index is -1.27. The van der Waals surface area contributed by atoms with Crippen molar-refractivity contribution in [3.63, 3.8) is 0 Å². The zero-order chi connectivity index (χ0) is 15.7. The zero-order valence-electron chi connectivity index (χ0n) is 12.0. The van der Waals surface area contributed by atoms with E-state index in [-0.39, 0.29) is 11.5 Å². The number of anilines is 1. The van der Waals surface area contributed by atoms with Crippen LogP contribution in [-0.2, 0) is 7.05 Å². The van der Waals surface area contributed by atoms with Crippen LogP contribution in [0.4, 0.5) is 10.3 Å². The average molecular weight is 306 g/mol. The van der Waals surface area contributed by atoms with Gasteiger partial charge in [-0.2, -0.15) is 4.98 Å². The molecule has 9 heteroatoms. The van der Waals surface area contributed by atoms with Crippen LogP contribution in [0.5, 0.6) is 0 Å². The van der Waals surface area contributed by atoms with Gasteiger partial charge in [-0.1, -0.05) is 0 Å². The molecule has 0 saturated carbocycles. The fourth-order valence-corrected chi connectivity index (χ4v) is 2.44. The topological polar surface area (TPSA) is 97.0 Å².